The molecule has 2 heterocycles. The first-order chi connectivity index (χ1) is 8.15. The highest BCUT2D eigenvalue weighted by Crippen LogP contribution is 2.28. The van der Waals surface area contributed by atoms with E-state index in [1.54, 1.807) is 6.07 Å². The molecule has 94 valence electrons. The van der Waals surface area contributed by atoms with Crippen LogP contribution in [0.25, 0.3) is 0 Å². The van der Waals surface area contributed by atoms with Gasteiger partial charge in [0.2, 0.25) is 0 Å². The molecule has 5 nitrogen and oxygen atoms in total. The average Bonchev–Trinajstić information content (AvgIpc) is 2.34. The number of pyridine rings is 1. The monoisotopic (exact) mass is 257 g/mol. The quantitative estimate of drug-likeness (QED) is 0.760. The second-order valence-electron chi connectivity index (χ2n) is 4.27. The molecule has 0 radical (unpaired) electrons. The molecule has 2 rings (SSSR count). The average molecular weight is 258 g/mol. The number of hydrogen-bond acceptors (Lipinski definition) is 5. The van der Waals surface area contributed by atoms with Gasteiger partial charge in [-0.2, -0.15) is 0 Å². The highest BCUT2D eigenvalue weighted by Gasteiger charge is 2.32. The maximum Gasteiger partial charge on any atom is 0.149 e. The summed E-state index contributed by atoms with van der Waals surface area (Å²) in [4.78, 5) is 4.14. The van der Waals surface area contributed by atoms with Crippen LogP contribution in [0.4, 0.5) is 11.5 Å². The fourth-order valence-electron chi connectivity index (χ4n) is 1.90. The van der Waals surface area contributed by atoms with Gasteiger partial charge in [0.05, 0.1) is 22.9 Å². The van der Waals surface area contributed by atoms with Gasteiger partial charge in [-0.15, -0.1) is 0 Å². The molecule has 1 aromatic heterocycles. The van der Waals surface area contributed by atoms with Crippen molar-refractivity contribution in [3.05, 3.63) is 17.3 Å². The summed E-state index contributed by atoms with van der Waals surface area (Å²) < 4.78 is 5.29. The molecule has 0 unspecified atom stereocenters. The van der Waals surface area contributed by atoms with Crippen LogP contribution in [0.5, 0.6) is 0 Å². The second-order valence-corrected chi connectivity index (χ2v) is 4.70. The predicted octanol–water partition coefficient (Wildman–Crippen LogP) is 1.27. The van der Waals surface area contributed by atoms with E-state index in [-0.39, 0.29) is 6.61 Å². The lowest BCUT2D eigenvalue weighted by molar-refractivity contribution is 0.0379. The highest BCUT2D eigenvalue weighted by molar-refractivity contribution is 6.30. The Labute approximate surface area is 105 Å². The van der Waals surface area contributed by atoms with Crippen LogP contribution in [0.1, 0.15) is 12.8 Å². The van der Waals surface area contributed by atoms with Crippen LogP contribution >= 0.6 is 11.6 Å². The zero-order valence-corrected chi connectivity index (χ0v) is 10.2. The van der Waals surface area contributed by atoms with Gasteiger partial charge in [0, 0.05) is 19.4 Å². The van der Waals surface area contributed by atoms with Gasteiger partial charge in [0.25, 0.3) is 0 Å². The summed E-state index contributed by atoms with van der Waals surface area (Å²) in [5.41, 5.74) is 5.92. The Morgan fingerprint density at radius 1 is 1.53 bits per heavy atom. The summed E-state index contributed by atoms with van der Waals surface area (Å²) in [6, 6.07) is 1.64. The lowest BCUT2D eigenvalue weighted by Gasteiger charge is -2.37. The van der Waals surface area contributed by atoms with E-state index in [4.69, 9.17) is 22.1 Å². The summed E-state index contributed by atoms with van der Waals surface area (Å²) in [6.07, 6.45) is 2.99. The Morgan fingerprint density at radius 2 is 2.24 bits per heavy atom. The molecule has 0 bridgehead atoms. The van der Waals surface area contributed by atoms with E-state index in [2.05, 4.69) is 10.3 Å². The number of nitrogens with one attached hydrogen (secondary N) is 1. The molecule has 1 aromatic rings. The molecule has 0 atom stereocenters. The summed E-state index contributed by atoms with van der Waals surface area (Å²) in [5, 5.41) is 13.2. The van der Waals surface area contributed by atoms with Crippen LogP contribution < -0.4 is 11.1 Å². The number of nitrogens with zero attached hydrogens (tertiary/aromatic N) is 1. The number of nitrogens with two attached hydrogens (primary N) is 1. The lowest BCUT2D eigenvalue weighted by atomic mass is 9.91. The smallest absolute Gasteiger partial charge is 0.149 e. The zero-order chi connectivity index (χ0) is 12.3. The van der Waals surface area contributed by atoms with Gasteiger partial charge in [-0.05, 0) is 18.9 Å². The Morgan fingerprint density at radius 3 is 2.82 bits per heavy atom. The Hall–Kier alpha value is -1.04. The molecule has 6 heteroatoms. The van der Waals surface area contributed by atoms with E-state index in [0.717, 1.165) is 12.8 Å². The summed E-state index contributed by atoms with van der Waals surface area (Å²) >= 11 is 5.79. The molecule has 0 aliphatic carbocycles. The van der Waals surface area contributed by atoms with Crippen LogP contribution in [-0.2, 0) is 4.74 Å². The van der Waals surface area contributed by atoms with Crippen molar-refractivity contribution in [3.8, 4) is 0 Å². The number of hydrogen-bond donors (Lipinski definition) is 3. The third-order valence-electron chi connectivity index (χ3n) is 3.02. The number of halogens is 1. The standard InChI is InChI=1S/C11H16ClN3O2/c12-8-5-9(13)10(14-6-8)15-11(7-16)1-3-17-4-2-11/h5-6,16H,1-4,7,13H2,(H,14,15). The second kappa shape index (κ2) is 5.08. The molecule has 1 aliphatic heterocycles. The van der Waals surface area contributed by atoms with Crippen molar-refractivity contribution in [1.82, 2.24) is 4.98 Å². The van der Waals surface area contributed by atoms with Crippen molar-refractivity contribution < 1.29 is 9.84 Å². The van der Waals surface area contributed by atoms with Gasteiger partial charge in [-0.3, -0.25) is 0 Å². The van der Waals surface area contributed by atoms with E-state index in [1.807, 2.05) is 0 Å². The Balaban J connectivity index is 2.17. The summed E-state index contributed by atoms with van der Waals surface area (Å²) in [5.74, 6) is 0.561. The number of rotatable bonds is 3. The van der Waals surface area contributed by atoms with Crippen molar-refractivity contribution in [2.24, 2.45) is 0 Å². The zero-order valence-electron chi connectivity index (χ0n) is 9.45. The van der Waals surface area contributed by atoms with Gasteiger partial charge in [0.1, 0.15) is 5.82 Å². The van der Waals surface area contributed by atoms with Gasteiger partial charge >= 0.3 is 0 Å². The first kappa shape index (κ1) is 12.4. The molecule has 0 aromatic carbocycles. The molecule has 1 saturated heterocycles. The van der Waals surface area contributed by atoms with E-state index in [0.29, 0.717) is 29.7 Å². The Bertz CT molecular complexity index is 394. The maximum atomic E-state index is 9.54. The van der Waals surface area contributed by atoms with Crippen molar-refractivity contribution in [1.29, 1.82) is 0 Å². The van der Waals surface area contributed by atoms with Crippen LogP contribution in [0.3, 0.4) is 0 Å². The third kappa shape index (κ3) is 2.80. The molecule has 0 amide bonds. The van der Waals surface area contributed by atoms with E-state index >= 15 is 0 Å². The minimum atomic E-state index is -0.396. The van der Waals surface area contributed by atoms with Gasteiger partial charge in [0.15, 0.2) is 0 Å². The molecular formula is C11H16ClN3O2. The van der Waals surface area contributed by atoms with Crippen molar-refractivity contribution in [3.63, 3.8) is 0 Å². The highest BCUT2D eigenvalue weighted by atomic mass is 35.5. The van der Waals surface area contributed by atoms with Crippen molar-refractivity contribution in [2.45, 2.75) is 18.4 Å². The molecule has 1 aliphatic rings. The minimum absolute atomic E-state index is 0.0279. The SMILES string of the molecule is Nc1cc(Cl)cnc1NC1(CO)CCOCC1. The van der Waals surface area contributed by atoms with Crippen molar-refractivity contribution in [2.75, 3.05) is 30.9 Å². The molecular weight excluding hydrogens is 242 g/mol. The normalized spacial score (nSPS) is 18.9. The minimum Gasteiger partial charge on any atom is -0.396 e. The summed E-state index contributed by atoms with van der Waals surface area (Å²) in [7, 11) is 0. The molecule has 4 N–H and O–H groups in total. The number of nitrogen functional groups attached to an aromatic ring is 1. The van der Waals surface area contributed by atoms with Gasteiger partial charge in [-0.25, -0.2) is 4.98 Å². The number of aromatic nitrogens is 1. The number of ether oxygens (including phenoxy) is 1. The molecule has 0 spiro atoms. The molecule has 0 saturated carbocycles. The Kier molecular flexibility index (Phi) is 3.71. The van der Waals surface area contributed by atoms with E-state index in [1.165, 1.54) is 6.20 Å². The fraction of sp³-hybridized carbons (Fsp3) is 0.545. The number of anilines is 2. The molecule has 1 fully saturated rings. The number of aliphatic hydroxyl groups is 1. The first-order valence-corrected chi connectivity index (χ1v) is 5.91. The van der Waals surface area contributed by atoms with Crippen LogP contribution in [0.2, 0.25) is 5.02 Å². The third-order valence-corrected chi connectivity index (χ3v) is 3.23. The van der Waals surface area contributed by atoms with E-state index in [9.17, 15) is 5.11 Å². The van der Waals surface area contributed by atoms with Crippen molar-refractivity contribution >= 4 is 23.1 Å². The van der Waals surface area contributed by atoms with Crippen LogP contribution in [0.15, 0.2) is 12.3 Å². The van der Waals surface area contributed by atoms with Gasteiger partial charge in [-0.1, -0.05) is 11.6 Å². The summed E-state index contributed by atoms with van der Waals surface area (Å²) in [6.45, 7) is 1.28. The van der Waals surface area contributed by atoms with Crippen LogP contribution in [-0.4, -0.2) is 35.5 Å². The number of aliphatic hydroxyl groups excluding tert-OH is 1. The largest absolute Gasteiger partial charge is 0.396 e. The van der Waals surface area contributed by atoms with E-state index < -0.39 is 5.54 Å². The topological polar surface area (TPSA) is 80.4 Å². The van der Waals surface area contributed by atoms with Crippen LogP contribution in [0, 0.1) is 0 Å². The predicted molar refractivity (Wildman–Crippen MR) is 67.2 cm³/mol. The first-order valence-electron chi connectivity index (χ1n) is 5.53. The van der Waals surface area contributed by atoms with Gasteiger partial charge < -0.3 is 20.9 Å². The maximum absolute atomic E-state index is 9.54. The fourth-order valence-corrected chi connectivity index (χ4v) is 2.06. The molecule has 17 heavy (non-hydrogen) atoms. The lowest BCUT2D eigenvalue weighted by Crippen LogP contribution is -2.47.